The Morgan fingerprint density at radius 2 is 1.85 bits per heavy atom. The van der Waals surface area contributed by atoms with Crippen LogP contribution in [-0.4, -0.2) is 48.5 Å². The Labute approximate surface area is 167 Å². The second-order valence-corrected chi connectivity index (χ2v) is 7.31. The van der Waals surface area contributed by atoms with Crippen molar-refractivity contribution in [1.29, 1.82) is 0 Å². The van der Waals surface area contributed by atoms with Crippen LogP contribution in [-0.2, 0) is 9.59 Å². The number of carbonyl (C=O) groups is 2. The molecule has 1 aliphatic rings. The Bertz CT molecular complexity index is 767. The molecule has 0 N–H and O–H groups in total. The number of thioether (sulfide) groups is 1. The molecule has 1 aromatic rings. The molecule has 1 heterocycles. The first-order chi connectivity index (χ1) is 12.9. The second-order valence-electron chi connectivity index (χ2n) is 5.63. The highest BCUT2D eigenvalue weighted by Gasteiger charge is 2.37. The maximum Gasteiger partial charge on any atom is 0.266 e. The highest BCUT2D eigenvalue weighted by atomic mass is 32.2. The largest absolute Gasteiger partial charge is 0.548 e. The van der Waals surface area contributed by atoms with Crippen LogP contribution < -0.4 is 19.3 Å². The first-order valence-electron chi connectivity index (χ1n) is 8.15. The summed E-state index contributed by atoms with van der Waals surface area (Å²) in [7, 11) is 4.49. The van der Waals surface area contributed by atoms with Gasteiger partial charge in [0.15, 0.2) is 11.5 Å². The molecule has 0 spiro atoms. The van der Waals surface area contributed by atoms with E-state index in [0.29, 0.717) is 34.1 Å². The predicted molar refractivity (Wildman–Crippen MR) is 105 cm³/mol. The maximum atomic E-state index is 12.7. The van der Waals surface area contributed by atoms with Gasteiger partial charge in [0.25, 0.3) is 5.91 Å². The summed E-state index contributed by atoms with van der Waals surface area (Å²) in [5, 5.41) is 11.4. The van der Waals surface area contributed by atoms with Crippen molar-refractivity contribution in [2.24, 2.45) is 0 Å². The lowest BCUT2D eigenvalue weighted by atomic mass is 10.1. The van der Waals surface area contributed by atoms with Gasteiger partial charge < -0.3 is 24.1 Å². The summed E-state index contributed by atoms with van der Waals surface area (Å²) >= 11 is 6.27. The number of rotatable bonds is 8. The molecule has 27 heavy (non-hydrogen) atoms. The van der Waals surface area contributed by atoms with Crippen LogP contribution in [0.25, 0.3) is 6.08 Å². The molecule has 0 saturated carbocycles. The van der Waals surface area contributed by atoms with Gasteiger partial charge in [0.05, 0.1) is 38.2 Å². The fraction of sp³-hybridized carbons (Fsp3) is 0.389. The molecule has 1 atom stereocenters. The number of carboxylic acid groups (broad SMARTS) is 1. The van der Waals surface area contributed by atoms with Gasteiger partial charge in [-0.2, -0.15) is 0 Å². The molecule has 0 unspecified atom stereocenters. The van der Waals surface area contributed by atoms with E-state index in [0.717, 1.165) is 16.7 Å². The number of benzene rings is 1. The van der Waals surface area contributed by atoms with Crippen LogP contribution in [0.15, 0.2) is 17.0 Å². The lowest BCUT2D eigenvalue weighted by Crippen LogP contribution is -2.49. The Morgan fingerprint density at radius 3 is 2.30 bits per heavy atom. The van der Waals surface area contributed by atoms with Crippen LogP contribution in [0.1, 0.15) is 25.3 Å². The molecule has 7 nitrogen and oxygen atoms in total. The summed E-state index contributed by atoms with van der Waals surface area (Å²) < 4.78 is 16.1. The highest BCUT2D eigenvalue weighted by Crippen LogP contribution is 2.40. The number of amides is 1. The summed E-state index contributed by atoms with van der Waals surface area (Å²) in [6.45, 7) is 1.83. The van der Waals surface area contributed by atoms with Crippen molar-refractivity contribution in [2.75, 3.05) is 21.3 Å². The van der Waals surface area contributed by atoms with Gasteiger partial charge in [0, 0.05) is 0 Å². The van der Waals surface area contributed by atoms with E-state index in [1.807, 2.05) is 6.92 Å². The van der Waals surface area contributed by atoms with Gasteiger partial charge in [-0.3, -0.25) is 9.69 Å². The summed E-state index contributed by atoms with van der Waals surface area (Å²) in [6, 6.07) is 2.31. The van der Waals surface area contributed by atoms with Crippen LogP contribution in [0.3, 0.4) is 0 Å². The van der Waals surface area contributed by atoms with Gasteiger partial charge in [0.2, 0.25) is 5.75 Å². The third-order valence-electron chi connectivity index (χ3n) is 3.95. The molecule has 1 amide bonds. The number of thiocarbonyl (C=S) groups is 1. The monoisotopic (exact) mass is 410 g/mol. The van der Waals surface area contributed by atoms with E-state index < -0.39 is 17.9 Å². The van der Waals surface area contributed by atoms with E-state index in [-0.39, 0.29) is 10.7 Å². The molecule has 1 aromatic carbocycles. The molecule has 1 aliphatic heterocycles. The summed E-state index contributed by atoms with van der Waals surface area (Å²) in [5.41, 5.74) is 0.630. The number of methoxy groups -OCH3 is 3. The first kappa shape index (κ1) is 21.0. The van der Waals surface area contributed by atoms with Gasteiger partial charge in [-0.1, -0.05) is 37.3 Å². The number of ether oxygens (including phenoxy) is 3. The number of hydrogen-bond donors (Lipinski definition) is 0. The summed E-state index contributed by atoms with van der Waals surface area (Å²) in [6.07, 6.45) is 2.47. The zero-order valence-corrected chi connectivity index (χ0v) is 17.1. The van der Waals surface area contributed by atoms with Gasteiger partial charge in [-0.15, -0.1) is 0 Å². The average molecular weight is 410 g/mol. The quantitative estimate of drug-likeness (QED) is 0.474. The number of nitrogens with zero attached hydrogens (tertiary/aromatic N) is 1. The minimum Gasteiger partial charge on any atom is -0.548 e. The van der Waals surface area contributed by atoms with E-state index in [4.69, 9.17) is 26.4 Å². The van der Waals surface area contributed by atoms with Crippen molar-refractivity contribution < 1.29 is 28.9 Å². The molecule has 0 aliphatic carbocycles. The lowest BCUT2D eigenvalue weighted by Gasteiger charge is -2.27. The second kappa shape index (κ2) is 9.09. The molecular weight excluding hydrogens is 390 g/mol. The zero-order chi connectivity index (χ0) is 20.1. The summed E-state index contributed by atoms with van der Waals surface area (Å²) in [4.78, 5) is 25.6. The Morgan fingerprint density at radius 1 is 1.26 bits per heavy atom. The Hall–Kier alpha value is -2.26. The van der Waals surface area contributed by atoms with Crippen molar-refractivity contribution >= 4 is 46.3 Å². The van der Waals surface area contributed by atoms with E-state index >= 15 is 0 Å². The Balaban J connectivity index is 2.42. The van der Waals surface area contributed by atoms with Gasteiger partial charge in [-0.05, 0) is 30.2 Å². The smallest absolute Gasteiger partial charge is 0.266 e. The molecule has 0 bridgehead atoms. The average Bonchev–Trinajstić information content (AvgIpc) is 2.91. The number of carboxylic acids is 1. The fourth-order valence-electron chi connectivity index (χ4n) is 2.71. The number of hydrogen-bond acceptors (Lipinski definition) is 8. The van der Waals surface area contributed by atoms with Crippen LogP contribution in [0.5, 0.6) is 17.2 Å². The minimum atomic E-state index is -1.32. The molecule has 1 fully saturated rings. The molecule has 0 radical (unpaired) electrons. The van der Waals surface area contributed by atoms with Gasteiger partial charge in [0.1, 0.15) is 4.32 Å². The number of aliphatic carboxylic acids is 1. The van der Waals surface area contributed by atoms with E-state index in [9.17, 15) is 14.7 Å². The lowest BCUT2D eigenvalue weighted by molar-refractivity contribution is -0.310. The predicted octanol–water partition coefficient (Wildman–Crippen LogP) is 1.83. The van der Waals surface area contributed by atoms with Crippen LogP contribution >= 0.6 is 24.0 Å². The first-order valence-corrected chi connectivity index (χ1v) is 9.38. The van der Waals surface area contributed by atoms with Gasteiger partial charge >= 0.3 is 0 Å². The third kappa shape index (κ3) is 4.36. The van der Waals surface area contributed by atoms with Crippen LogP contribution in [0.4, 0.5) is 0 Å². The van der Waals surface area contributed by atoms with Crippen molar-refractivity contribution in [1.82, 2.24) is 4.90 Å². The fourth-order valence-corrected chi connectivity index (χ4v) is 4.07. The molecule has 146 valence electrons. The molecular formula is C18H20NO6S2-. The number of carbonyl (C=O) groups excluding carboxylic acids is 2. The molecule has 9 heteroatoms. The van der Waals surface area contributed by atoms with Gasteiger partial charge in [-0.25, -0.2) is 0 Å². The Kier molecular flexibility index (Phi) is 7.09. The summed E-state index contributed by atoms with van der Waals surface area (Å²) in [5.74, 6) is -0.456. The molecule has 1 saturated heterocycles. The maximum absolute atomic E-state index is 12.7. The van der Waals surface area contributed by atoms with Crippen molar-refractivity contribution in [3.05, 3.63) is 22.6 Å². The molecule has 2 rings (SSSR count). The minimum absolute atomic E-state index is 0.196. The van der Waals surface area contributed by atoms with Crippen molar-refractivity contribution in [3.63, 3.8) is 0 Å². The molecule has 0 aromatic heterocycles. The van der Waals surface area contributed by atoms with Crippen LogP contribution in [0, 0.1) is 0 Å². The zero-order valence-electron chi connectivity index (χ0n) is 15.4. The van der Waals surface area contributed by atoms with E-state index in [1.165, 1.54) is 21.3 Å². The van der Waals surface area contributed by atoms with E-state index in [2.05, 4.69) is 0 Å². The highest BCUT2D eigenvalue weighted by molar-refractivity contribution is 8.26. The van der Waals surface area contributed by atoms with E-state index in [1.54, 1.807) is 18.2 Å². The normalized spacial score (nSPS) is 16.6. The standard InChI is InChI=1S/C18H21NO6S2/c1-5-6-11(17(21)22)19-16(20)14(27-18(19)26)9-10-7-12(23-2)15(25-4)13(8-10)24-3/h7-9,11H,5-6H2,1-4H3,(H,21,22)/p-1/b14-9-/t11-/m1/s1. The van der Waals surface area contributed by atoms with Crippen molar-refractivity contribution in [2.45, 2.75) is 25.8 Å². The topological polar surface area (TPSA) is 88.1 Å². The van der Waals surface area contributed by atoms with Crippen LogP contribution in [0.2, 0.25) is 0 Å². The third-order valence-corrected chi connectivity index (χ3v) is 5.28. The SMILES string of the molecule is CCC[C@H](C(=O)[O-])N1C(=O)/C(=C/c2cc(OC)c(OC)c(OC)c2)SC1=S. The van der Waals surface area contributed by atoms with Crippen molar-refractivity contribution in [3.8, 4) is 17.2 Å².